The highest BCUT2D eigenvalue weighted by molar-refractivity contribution is 7.89. The molecule has 0 spiro atoms. The number of carbonyl (C=O) groups excluding carboxylic acids is 1. The van der Waals surface area contributed by atoms with Crippen LogP contribution in [-0.4, -0.2) is 61.3 Å². The summed E-state index contributed by atoms with van der Waals surface area (Å²) in [4.78, 5) is 24.2. The molecule has 9 heteroatoms. The van der Waals surface area contributed by atoms with Gasteiger partial charge in [0.1, 0.15) is 10.9 Å². The SMILES string of the molecule is CN(C)C(=O)C1CCCN1S(=O)(=O)c1csc(C(=O)O)c1. The number of carbonyl (C=O) groups is 2. The van der Waals surface area contributed by atoms with E-state index >= 15 is 0 Å². The molecule has 0 bridgehead atoms. The molecule has 1 fully saturated rings. The van der Waals surface area contributed by atoms with Gasteiger partial charge in [0.15, 0.2) is 0 Å². The van der Waals surface area contributed by atoms with Gasteiger partial charge in [0.25, 0.3) is 0 Å². The number of aromatic carboxylic acids is 1. The summed E-state index contributed by atoms with van der Waals surface area (Å²) in [6.07, 6.45) is 1.09. The predicted molar refractivity (Wildman–Crippen MR) is 76.9 cm³/mol. The van der Waals surface area contributed by atoms with E-state index in [1.807, 2.05) is 0 Å². The van der Waals surface area contributed by atoms with Crippen molar-refractivity contribution in [1.82, 2.24) is 9.21 Å². The van der Waals surface area contributed by atoms with Crippen molar-refractivity contribution in [1.29, 1.82) is 0 Å². The van der Waals surface area contributed by atoms with Crippen LogP contribution in [0.15, 0.2) is 16.3 Å². The molecule has 1 atom stereocenters. The lowest BCUT2D eigenvalue weighted by atomic mass is 10.2. The van der Waals surface area contributed by atoms with Crippen LogP contribution in [0.25, 0.3) is 0 Å². The lowest BCUT2D eigenvalue weighted by Gasteiger charge is -2.25. The van der Waals surface area contributed by atoms with Crippen LogP contribution in [0.3, 0.4) is 0 Å². The predicted octanol–water partition coefficient (Wildman–Crippen LogP) is 0.688. The van der Waals surface area contributed by atoms with Crippen molar-refractivity contribution in [2.75, 3.05) is 20.6 Å². The first-order valence-electron chi connectivity index (χ1n) is 6.30. The Morgan fingerprint density at radius 2 is 2.10 bits per heavy atom. The number of carboxylic acid groups (broad SMARTS) is 1. The molecule has 1 aromatic heterocycles. The zero-order valence-corrected chi connectivity index (χ0v) is 13.3. The highest BCUT2D eigenvalue weighted by atomic mass is 32.2. The van der Waals surface area contributed by atoms with Crippen molar-refractivity contribution in [3.8, 4) is 0 Å². The standard InChI is InChI=1S/C12H16N2O5S2/c1-13(2)11(15)9-4-3-5-14(9)21(18,19)8-6-10(12(16)17)20-7-8/h6-7,9H,3-5H2,1-2H3,(H,16,17). The van der Waals surface area contributed by atoms with Gasteiger partial charge in [-0.2, -0.15) is 4.31 Å². The Bertz CT molecular complexity index is 665. The molecule has 2 rings (SSSR count). The molecular weight excluding hydrogens is 316 g/mol. The van der Waals surface area contributed by atoms with E-state index in [0.717, 1.165) is 17.4 Å². The van der Waals surface area contributed by atoms with E-state index in [4.69, 9.17) is 5.11 Å². The Kier molecular flexibility index (Phi) is 4.35. The number of amides is 1. The number of nitrogens with zero attached hydrogens (tertiary/aromatic N) is 2. The number of likely N-dealkylation sites (N-methyl/N-ethyl adjacent to an activating group) is 1. The Hall–Kier alpha value is -1.45. The van der Waals surface area contributed by atoms with E-state index in [2.05, 4.69) is 0 Å². The van der Waals surface area contributed by atoms with E-state index in [0.29, 0.717) is 12.8 Å². The fraction of sp³-hybridized carbons (Fsp3) is 0.500. The summed E-state index contributed by atoms with van der Waals surface area (Å²) >= 11 is 0.859. The lowest BCUT2D eigenvalue weighted by molar-refractivity contribution is -0.132. The molecule has 1 aromatic rings. The summed E-state index contributed by atoms with van der Waals surface area (Å²) in [6.45, 7) is 0.269. The first-order chi connectivity index (χ1) is 9.75. The molecule has 1 aliphatic heterocycles. The molecule has 1 N–H and O–H groups in total. The fourth-order valence-electron chi connectivity index (χ4n) is 2.27. The van der Waals surface area contributed by atoms with Crippen LogP contribution in [-0.2, 0) is 14.8 Å². The van der Waals surface area contributed by atoms with Crippen molar-refractivity contribution in [2.45, 2.75) is 23.8 Å². The topological polar surface area (TPSA) is 95.0 Å². The van der Waals surface area contributed by atoms with Crippen molar-refractivity contribution in [3.63, 3.8) is 0 Å². The quantitative estimate of drug-likeness (QED) is 0.875. The second kappa shape index (κ2) is 5.74. The largest absolute Gasteiger partial charge is 0.477 e. The first kappa shape index (κ1) is 15.9. The molecule has 0 aliphatic carbocycles. The van der Waals surface area contributed by atoms with Crippen molar-refractivity contribution in [3.05, 3.63) is 16.3 Å². The third kappa shape index (κ3) is 2.94. The smallest absolute Gasteiger partial charge is 0.345 e. The second-order valence-electron chi connectivity index (χ2n) is 4.96. The Labute approximate surface area is 126 Å². The minimum atomic E-state index is -3.85. The number of hydrogen-bond acceptors (Lipinski definition) is 5. The van der Waals surface area contributed by atoms with Gasteiger partial charge in [0, 0.05) is 26.0 Å². The van der Waals surface area contributed by atoms with Crippen LogP contribution in [0.4, 0.5) is 0 Å². The normalized spacial score (nSPS) is 19.6. The summed E-state index contributed by atoms with van der Waals surface area (Å²) in [6, 6.07) is 0.427. The lowest BCUT2D eigenvalue weighted by Crippen LogP contribution is -2.45. The van der Waals surface area contributed by atoms with Crippen LogP contribution in [0.1, 0.15) is 22.5 Å². The van der Waals surface area contributed by atoms with Gasteiger partial charge >= 0.3 is 5.97 Å². The highest BCUT2D eigenvalue weighted by Crippen LogP contribution is 2.29. The summed E-state index contributed by atoms with van der Waals surface area (Å²) in [5.41, 5.74) is 0. The summed E-state index contributed by atoms with van der Waals surface area (Å²) < 4.78 is 26.3. The van der Waals surface area contributed by atoms with Gasteiger partial charge in [-0.15, -0.1) is 11.3 Å². The fourth-order valence-corrected chi connectivity index (χ4v) is 5.02. The number of hydrogen-bond donors (Lipinski definition) is 1. The number of sulfonamides is 1. The average Bonchev–Trinajstić information content (AvgIpc) is 3.07. The Balaban J connectivity index is 2.33. The highest BCUT2D eigenvalue weighted by Gasteiger charge is 2.40. The minimum Gasteiger partial charge on any atom is -0.477 e. The minimum absolute atomic E-state index is 0.0386. The van der Waals surface area contributed by atoms with Crippen molar-refractivity contribution < 1.29 is 23.1 Å². The molecule has 7 nitrogen and oxygen atoms in total. The van der Waals surface area contributed by atoms with Crippen LogP contribution in [0.5, 0.6) is 0 Å². The molecular formula is C12H16N2O5S2. The van der Waals surface area contributed by atoms with Gasteiger partial charge in [-0.3, -0.25) is 4.79 Å². The molecule has 0 saturated carbocycles. The molecule has 0 aromatic carbocycles. The Morgan fingerprint density at radius 3 is 2.62 bits per heavy atom. The molecule has 2 heterocycles. The number of carboxylic acids is 1. The molecule has 116 valence electrons. The second-order valence-corrected chi connectivity index (χ2v) is 7.76. The maximum atomic E-state index is 12.6. The van der Waals surface area contributed by atoms with Gasteiger partial charge in [-0.05, 0) is 18.9 Å². The molecule has 21 heavy (non-hydrogen) atoms. The van der Waals surface area contributed by atoms with E-state index in [1.165, 1.54) is 14.6 Å². The maximum Gasteiger partial charge on any atom is 0.345 e. The van der Waals surface area contributed by atoms with Crippen LogP contribution < -0.4 is 0 Å². The Morgan fingerprint density at radius 1 is 1.43 bits per heavy atom. The number of thiophene rings is 1. The number of rotatable bonds is 4. The first-order valence-corrected chi connectivity index (χ1v) is 8.62. The van der Waals surface area contributed by atoms with E-state index in [9.17, 15) is 18.0 Å². The zero-order chi connectivity index (χ0) is 15.8. The van der Waals surface area contributed by atoms with Crippen LogP contribution >= 0.6 is 11.3 Å². The molecule has 1 unspecified atom stereocenters. The summed E-state index contributed by atoms with van der Waals surface area (Å²) in [5, 5.41) is 10.2. The molecule has 1 amide bonds. The van der Waals surface area contributed by atoms with Gasteiger partial charge in [-0.25, -0.2) is 13.2 Å². The summed E-state index contributed by atoms with van der Waals surface area (Å²) in [7, 11) is -0.682. The molecule has 0 radical (unpaired) electrons. The van der Waals surface area contributed by atoms with Gasteiger partial charge in [0.05, 0.1) is 4.90 Å². The molecule has 1 aliphatic rings. The van der Waals surface area contributed by atoms with Gasteiger partial charge < -0.3 is 10.0 Å². The zero-order valence-electron chi connectivity index (χ0n) is 11.6. The summed E-state index contributed by atoms with van der Waals surface area (Å²) in [5.74, 6) is -1.42. The van der Waals surface area contributed by atoms with Crippen molar-refractivity contribution >= 4 is 33.2 Å². The van der Waals surface area contributed by atoms with E-state index in [-0.39, 0.29) is 22.2 Å². The third-order valence-corrected chi connectivity index (χ3v) is 6.28. The van der Waals surface area contributed by atoms with Crippen LogP contribution in [0.2, 0.25) is 0 Å². The van der Waals surface area contributed by atoms with Gasteiger partial charge in [-0.1, -0.05) is 0 Å². The average molecular weight is 332 g/mol. The molecule has 1 saturated heterocycles. The van der Waals surface area contributed by atoms with E-state index in [1.54, 1.807) is 14.1 Å². The van der Waals surface area contributed by atoms with Gasteiger partial charge in [0.2, 0.25) is 15.9 Å². The van der Waals surface area contributed by atoms with E-state index < -0.39 is 22.0 Å². The maximum absolute atomic E-state index is 12.6. The van der Waals surface area contributed by atoms with Crippen LogP contribution in [0, 0.1) is 0 Å². The van der Waals surface area contributed by atoms with Crippen molar-refractivity contribution in [2.24, 2.45) is 0 Å². The monoisotopic (exact) mass is 332 g/mol. The third-order valence-electron chi connectivity index (χ3n) is 3.32.